The van der Waals surface area contributed by atoms with Gasteiger partial charge in [-0.25, -0.2) is 12.7 Å². The first-order chi connectivity index (χ1) is 15.0. The molecule has 1 aromatic rings. The number of aromatic nitrogens is 2. The molecule has 0 N–H and O–H groups in total. The zero-order valence-corrected chi connectivity index (χ0v) is 21.6. The maximum atomic E-state index is 13.6. The van der Waals surface area contributed by atoms with Gasteiger partial charge >= 0.3 is 0 Å². The summed E-state index contributed by atoms with van der Waals surface area (Å²) < 4.78 is 27.3. The lowest BCUT2D eigenvalue weighted by atomic mass is 9.88. The highest BCUT2D eigenvalue weighted by Crippen LogP contribution is 2.41. The van der Waals surface area contributed by atoms with Crippen molar-refractivity contribution in [3.63, 3.8) is 0 Å². The van der Waals surface area contributed by atoms with E-state index in [4.69, 9.17) is 0 Å². The summed E-state index contributed by atoms with van der Waals surface area (Å²) in [6.07, 6.45) is 1.53. The van der Waals surface area contributed by atoms with Gasteiger partial charge in [0.1, 0.15) is 5.69 Å². The Bertz CT molecular complexity index is 1000. The number of carbonyl (C=O) groups excluding carboxylic acids is 2. The standard InChI is InChI=1S/C21H34N6O4S.ClH/c1-14(2)18-19-16(27(21(18)29)32(5,30)31)6-7-26(19)20(28)17-12-15(22-24(17)4)13-25-10-8-23(3)9-11-25;/h12,14,16,18-19H,6-11,13H2,1-5H3;1H/t16-,18+,19-;/m0./s1. The van der Waals surface area contributed by atoms with E-state index in [1.54, 1.807) is 16.6 Å². The molecule has 12 heteroatoms. The van der Waals surface area contributed by atoms with Crippen molar-refractivity contribution < 1.29 is 18.0 Å². The normalized spacial score (nSPS) is 26.7. The van der Waals surface area contributed by atoms with E-state index in [-0.39, 0.29) is 24.2 Å². The summed E-state index contributed by atoms with van der Waals surface area (Å²) in [6, 6.07) is 0.899. The molecule has 0 bridgehead atoms. The minimum atomic E-state index is -3.69. The van der Waals surface area contributed by atoms with Gasteiger partial charge in [0.2, 0.25) is 15.9 Å². The van der Waals surface area contributed by atoms with E-state index in [1.807, 2.05) is 19.9 Å². The molecule has 1 aromatic heterocycles. The molecule has 4 rings (SSSR count). The highest BCUT2D eigenvalue weighted by molar-refractivity contribution is 7.88. The minimum Gasteiger partial charge on any atom is -0.331 e. The number of nitrogens with zero attached hydrogens (tertiary/aromatic N) is 6. The van der Waals surface area contributed by atoms with Crippen LogP contribution in [0.4, 0.5) is 0 Å². The third-order valence-electron chi connectivity index (χ3n) is 7.06. The number of aryl methyl sites for hydroxylation is 1. The molecule has 0 aliphatic carbocycles. The molecule has 3 atom stereocenters. The van der Waals surface area contributed by atoms with E-state index in [0.29, 0.717) is 25.2 Å². The predicted molar refractivity (Wildman–Crippen MR) is 126 cm³/mol. The van der Waals surface area contributed by atoms with Crippen LogP contribution >= 0.6 is 12.4 Å². The molecular weight excluding hydrogens is 468 g/mol. The van der Waals surface area contributed by atoms with Crippen LogP contribution in [0.15, 0.2) is 6.07 Å². The Morgan fingerprint density at radius 1 is 1.15 bits per heavy atom. The molecule has 0 saturated carbocycles. The van der Waals surface area contributed by atoms with E-state index in [2.05, 4.69) is 21.9 Å². The van der Waals surface area contributed by atoms with E-state index in [0.717, 1.165) is 42.4 Å². The molecule has 0 spiro atoms. The second kappa shape index (κ2) is 9.52. The molecule has 0 unspecified atom stereocenters. The van der Waals surface area contributed by atoms with Crippen LogP contribution in [0, 0.1) is 11.8 Å². The van der Waals surface area contributed by atoms with Gasteiger partial charge in [-0.05, 0) is 25.5 Å². The second-order valence-corrected chi connectivity index (χ2v) is 11.6. The van der Waals surface area contributed by atoms with E-state index in [1.165, 1.54) is 0 Å². The molecule has 3 fully saturated rings. The molecule has 10 nitrogen and oxygen atoms in total. The van der Waals surface area contributed by atoms with Crippen LogP contribution < -0.4 is 0 Å². The second-order valence-electron chi connectivity index (χ2n) is 9.74. The van der Waals surface area contributed by atoms with Crippen LogP contribution in [0.25, 0.3) is 0 Å². The predicted octanol–water partition coefficient (Wildman–Crippen LogP) is 0.246. The number of sulfonamides is 1. The maximum absolute atomic E-state index is 13.6. The fourth-order valence-corrected chi connectivity index (χ4v) is 6.63. The average molecular weight is 503 g/mol. The minimum absolute atomic E-state index is 0. The van der Waals surface area contributed by atoms with Crippen LogP contribution in [-0.2, 0) is 28.4 Å². The van der Waals surface area contributed by atoms with Crippen molar-refractivity contribution in [3.05, 3.63) is 17.5 Å². The largest absolute Gasteiger partial charge is 0.331 e. The van der Waals surface area contributed by atoms with Gasteiger partial charge in [-0.2, -0.15) is 5.10 Å². The molecule has 186 valence electrons. The quantitative estimate of drug-likeness (QED) is 0.569. The number of fused-ring (bicyclic) bond motifs is 1. The lowest BCUT2D eigenvalue weighted by Gasteiger charge is -2.31. The van der Waals surface area contributed by atoms with Gasteiger partial charge in [0.15, 0.2) is 0 Å². The number of piperazine rings is 1. The molecular formula is C21H35ClN6O4S. The molecule has 3 saturated heterocycles. The Morgan fingerprint density at radius 3 is 2.36 bits per heavy atom. The molecule has 0 aromatic carbocycles. The van der Waals surface area contributed by atoms with Crippen molar-refractivity contribution in [2.24, 2.45) is 18.9 Å². The first kappa shape index (κ1) is 25.9. The zero-order chi connectivity index (χ0) is 23.4. The van der Waals surface area contributed by atoms with Gasteiger partial charge in [0, 0.05) is 46.3 Å². The fraction of sp³-hybridized carbons (Fsp3) is 0.762. The summed E-state index contributed by atoms with van der Waals surface area (Å²) in [7, 11) is 0.182. The van der Waals surface area contributed by atoms with Gasteiger partial charge in [-0.1, -0.05) is 13.8 Å². The van der Waals surface area contributed by atoms with Crippen LogP contribution in [0.3, 0.4) is 0 Å². The lowest BCUT2D eigenvalue weighted by molar-refractivity contribution is -0.129. The molecule has 33 heavy (non-hydrogen) atoms. The van der Waals surface area contributed by atoms with Gasteiger partial charge in [0.25, 0.3) is 5.91 Å². The van der Waals surface area contributed by atoms with E-state index >= 15 is 0 Å². The lowest BCUT2D eigenvalue weighted by Crippen LogP contribution is -2.44. The molecule has 0 radical (unpaired) electrons. The van der Waals surface area contributed by atoms with E-state index < -0.39 is 33.9 Å². The zero-order valence-electron chi connectivity index (χ0n) is 20.0. The van der Waals surface area contributed by atoms with Crippen LogP contribution in [-0.4, -0.2) is 107 Å². The number of carbonyl (C=O) groups is 2. The van der Waals surface area contributed by atoms with Crippen molar-refractivity contribution in [2.75, 3.05) is 46.0 Å². The number of rotatable bonds is 5. The topological polar surface area (TPSA) is 99.1 Å². The summed E-state index contributed by atoms with van der Waals surface area (Å²) in [5.41, 5.74) is 1.32. The summed E-state index contributed by atoms with van der Waals surface area (Å²) in [5.74, 6) is -1.18. The first-order valence-corrected chi connectivity index (χ1v) is 13.1. The highest BCUT2D eigenvalue weighted by atomic mass is 35.5. The number of halogens is 1. The first-order valence-electron chi connectivity index (χ1n) is 11.3. The maximum Gasteiger partial charge on any atom is 0.272 e. The summed E-state index contributed by atoms with van der Waals surface area (Å²) in [4.78, 5) is 32.9. The Hall–Kier alpha value is -1.69. The van der Waals surface area contributed by atoms with Crippen molar-refractivity contribution >= 4 is 34.2 Å². The van der Waals surface area contributed by atoms with Crippen molar-refractivity contribution in [3.8, 4) is 0 Å². The summed E-state index contributed by atoms with van der Waals surface area (Å²) in [6.45, 7) is 8.88. The number of likely N-dealkylation sites (N-methyl/N-ethyl adjacent to an activating group) is 1. The molecule has 2 amide bonds. The highest BCUT2D eigenvalue weighted by Gasteiger charge is 2.58. The summed E-state index contributed by atoms with van der Waals surface area (Å²) >= 11 is 0. The number of amides is 2. The van der Waals surface area contributed by atoms with Crippen molar-refractivity contribution in [2.45, 2.75) is 38.9 Å². The van der Waals surface area contributed by atoms with Gasteiger partial charge in [0.05, 0.1) is 30.0 Å². The number of hydrogen-bond donors (Lipinski definition) is 0. The van der Waals surface area contributed by atoms with Crippen molar-refractivity contribution in [1.82, 2.24) is 28.8 Å². The fourth-order valence-electron chi connectivity index (χ4n) is 5.46. The number of hydrogen-bond acceptors (Lipinski definition) is 7. The Labute approximate surface area is 202 Å². The van der Waals surface area contributed by atoms with Crippen LogP contribution in [0.1, 0.15) is 36.5 Å². The monoisotopic (exact) mass is 502 g/mol. The molecule has 3 aliphatic rings. The third kappa shape index (κ3) is 4.78. The Morgan fingerprint density at radius 2 is 1.79 bits per heavy atom. The molecule has 4 heterocycles. The third-order valence-corrected chi connectivity index (χ3v) is 8.22. The average Bonchev–Trinajstić information content (AvgIpc) is 3.34. The Kier molecular flexibility index (Phi) is 7.48. The summed E-state index contributed by atoms with van der Waals surface area (Å²) in [5, 5.41) is 4.57. The smallest absolute Gasteiger partial charge is 0.272 e. The van der Waals surface area contributed by atoms with Crippen molar-refractivity contribution in [1.29, 1.82) is 0 Å². The SMILES string of the molecule is CC(C)[C@H]1C(=O)N(S(C)(=O)=O)[C@H]2CCN(C(=O)c3cc(CN4CCN(C)CC4)nn3C)[C@H]12.Cl. The van der Waals surface area contributed by atoms with Crippen LogP contribution in [0.5, 0.6) is 0 Å². The Balaban J connectivity index is 0.00000306. The van der Waals surface area contributed by atoms with Gasteiger partial charge in [-0.3, -0.25) is 19.2 Å². The number of likely N-dealkylation sites (tertiary alicyclic amines) is 1. The van der Waals surface area contributed by atoms with Crippen LogP contribution in [0.2, 0.25) is 0 Å². The van der Waals surface area contributed by atoms with Gasteiger partial charge in [-0.15, -0.1) is 12.4 Å². The molecule has 3 aliphatic heterocycles. The van der Waals surface area contributed by atoms with Gasteiger partial charge < -0.3 is 9.80 Å². The van der Waals surface area contributed by atoms with E-state index in [9.17, 15) is 18.0 Å².